The van der Waals surface area contributed by atoms with Gasteiger partial charge in [0.1, 0.15) is 5.78 Å². The lowest BCUT2D eigenvalue weighted by Gasteiger charge is -2.16. The number of rotatable bonds is 5. The molecular weight excluding hydrogens is 148 g/mol. The minimum atomic E-state index is 0.144. The van der Waals surface area contributed by atoms with Gasteiger partial charge in [0.2, 0.25) is 0 Å². The number of hydrogen-bond donors (Lipinski definition) is 0. The topological polar surface area (TPSA) is 17.1 Å². The van der Waals surface area contributed by atoms with Crippen molar-refractivity contribution in [1.29, 1.82) is 0 Å². The van der Waals surface area contributed by atoms with Crippen LogP contribution in [0.5, 0.6) is 0 Å². The highest BCUT2D eigenvalue weighted by Crippen LogP contribution is 2.20. The van der Waals surface area contributed by atoms with E-state index in [0.29, 0.717) is 18.6 Å². The first-order chi connectivity index (χ1) is 5.45. The smallest absolute Gasteiger partial charge is 0.133 e. The van der Waals surface area contributed by atoms with Crippen LogP contribution in [0.2, 0.25) is 0 Å². The van der Waals surface area contributed by atoms with E-state index in [9.17, 15) is 4.79 Å². The van der Waals surface area contributed by atoms with Crippen LogP contribution in [0.4, 0.5) is 0 Å². The number of allylic oxidation sites excluding steroid dienone is 1. The summed E-state index contributed by atoms with van der Waals surface area (Å²) >= 11 is 0. The van der Waals surface area contributed by atoms with Crippen molar-refractivity contribution in [3.05, 3.63) is 12.7 Å². The Morgan fingerprint density at radius 1 is 1.42 bits per heavy atom. The molecule has 0 heterocycles. The second-order valence-electron chi connectivity index (χ2n) is 4.46. The maximum atomic E-state index is 11.3. The van der Waals surface area contributed by atoms with Gasteiger partial charge in [0.15, 0.2) is 0 Å². The number of Topliss-reactive ketones (excluding diaryl/α,β-unsaturated/α-hetero) is 1. The van der Waals surface area contributed by atoms with Crippen molar-refractivity contribution >= 4 is 5.78 Å². The Balaban J connectivity index is 3.53. The Morgan fingerprint density at radius 2 is 2.00 bits per heavy atom. The van der Waals surface area contributed by atoms with Crippen LogP contribution in [-0.2, 0) is 4.79 Å². The van der Waals surface area contributed by atoms with Gasteiger partial charge in [0, 0.05) is 12.8 Å². The molecule has 0 aromatic heterocycles. The molecule has 70 valence electrons. The van der Waals surface area contributed by atoms with Gasteiger partial charge in [-0.2, -0.15) is 0 Å². The molecule has 0 aliphatic carbocycles. The quantitative estimate of drug-likeness (QED) is 0.454. The predicted octanol–water partition coefficient (Wildman–Crippen LogP) is 3.35. The van der Waals surface area contributed by atoms with Crippen molar-refractivity contribution in [2.24, 2.45) is 5.41 Å². The summed E-state index contributed by atoms with van der Waals surface area (Å²) in [6.07, 6.45) is 5.19. The zero-order valence-corrected chi connectivity index (χ0v) is 8.52. The summed E-state index contributed by atoms with van der Waals surface area (Å²) in [6, 6.07) is 0. The lowest BCUT2D eigenvalue weighted by Crippen LogP contribution is -2.12. The van der Waals surface area contributed by atoms with Crippen LogP contribution >= 0.6 is 0 Å². The highest BCUT2D eigenvalue weighted by Gasteiger charge is 2.14. The van der Waals surface area contributed by atoms with Gasteiger partial charge in [0.25, 0.3) is 0 Å². The molecule has 0 atom stereocenters. The molecule has 1 nitrogen and oxygen atoms in total. The normalized spacial score (nSPS) is 11.2. The third kappa shape index (κ3) is 7.52. The molecule has 12 heavy (non-hydrogen) atoms. The van der Waals surface area contributed by atoms with E-state index in [0.717, 1.165) is 12.8 Å². The Morgan fingerprint density at radius 3 is 2.42 bits per heavy atom. The zero-order valence-electron chi connectivity index (χ0n) is 8.52. The van der Waals surface area contributed by atoms with Crippen LogP contribution in [0.1, 0.15) is 46.5 Å². The molecule has 1 heteroatoms. The SMILES string of the molecule is C=CCCCC(=O)CC(C)(C)C. The van der Waals surface area contributed by atoms with Crippen molar-refractivity contribution < 1.29 is 4.79 Å². The number of carbonyl (C=O) groups excluding carboxylic acids is 1. The van der Waals surface area contributed by atoms with E-state index in [1.165, 1.54) is 0 Å². The largest absolute Gasteiger partial charge is 0.300 e. The number of hydrogen-bond acceptors (Lipinski definition) is 1. The van der Waals surface area contributed by atoms with E-state index in [1.807, 2.05) is 6.08 Å². The highest BCUT2D eigenvalue weighted by molar-refractivity contribution is 5.78. The monoisotopic (exact) mass is 168 g/mol. The summed E-state index contributed by atoms with van der Waals surface area (Å²) < 4.78 is 0. The third-order valence-corrected chi connectivity index (χ3v) is 1.59. The molecular formula is C11H20O. The lowest BCUT2D eigenvalue weighted by molar-refractivity contribution is -0.120. The zero-order chi connectivity index (χ0) is 9.61. The summed E-state index contributed by atoms with van der Waals surface area (Å²) in [6.45, 7) is 9.91. The third-order valence-electron chi connectivity index (χ3n) is 1.59. The fourth-order valence-corrected chi connectivity index (χ4v) is 1.12. The van der Waals surface area contributed by atoms with Crippen molar-refractivity contribution in [1.82, 2.24) is 0 Å². The van der Waals surface area contributed by atoms with Crippen LogP contribution in [0, 0.1) is 5.41 Å². The van der Waals surface area contributed by atoms with Gasteiger partial charge in [-0.3, -0.25) is 4.79 Å². The van der Waals surface area contributed by atoms with Gasteiger partial charge in [-0.15, -0.1) is 6.58 Å². The molecule has 0 fully saturated rings. The molecule has 0 N–H and O–H groups in total. The molecule has 0 radical (unpaired) electrons. The van der Waals surface area contributed by atoms with Crippen LogP contribution in [0.25, 0.3) is 0 Å². The number of ketones is 1. The maximum absolute atomic E-state index is 11.3. The van der Waals surface area contributed by atoms with Crippen LogP contribution < -0.4 is 0 Å². The molecule has 0 unspecified atom stereocenters. The lowest BCUT2D eigenvalue weighted by atomic mass is 9.88. The van der Waals surface area contributed by atoms with Gasteiger partial charge >= 0.3 is 0 Å². The first kappa shape index (κ1) is 11.4. The van der Waals surface area contributed by atoms with E-state index in [2.05, 4.69) is 27.4 Å². The van der Waals surface area contributed by atoms with Gasteiger partial charge in [0.05, 0.1) is 0 Å². The van der Waals surface area contributed by atoms with E-state index in [4.69, 9.17) is 0 Å². The number of carbonyl (C=O) groups is 1. The molecule has 0 aromatic rings. The molecule has 0 rings (SSSR count). The first-order valence-corrected chi connectivity index (χ1v) is 4.58. The minimum absolute atomic E-state index is 0.144. The van der Waals surface area contributed by atoms with Crippen molar-refractivity contribution in [3.63, 3.8) is 0 Å². The van der Waals surface area contributed by atoms with Crippen molar-refractivity contribution in [3.8, 4) is 0 Å². The maximum Gasteiger partial charge on any atom is 0.133 e. The Kier molecular flexibility index (Phi) is 4.87. The molecule has 0 amide bonds. The van der Waals surface area contributed by atoms with Crippen molar-refractivity contribution in [2.75, 3.05) is 0 Å². The van der Waals surface area contributed by atoms with Crippen LogP contribution in [0.3, 0.4) is 0 Å². The molecule has 0 saturated carbocycles. The van der Waals surface area contributed by atoms with Crippen LogP contribution in [-0.4, -0.2) is 5.78 Å². The Hall–Kier alpha value is -0.590. The summed E-state index contributed by atoms with van der Waals surface area (Å²) in [7, 11) is 0. The highest BCUT2D eigenvalue weighted by atomic mass is 16.1. The summed E-state index contributed by atoms with van der Waals surface area (Å²) in [5.41, 5.74) is 0.144. The summed E-state index contributed by atoms with van der Waals surface area (Å²) in [5.74, 6) is 0.379. The molecule has 0 aliphatic rings. The summed E-state index contributed by atoms with van der Waals surface area (Å²) in [5, 5.41) is 0. The second kappa shape index (κ2) is 5.13. The minimum Gasteiger partial charge on any atom is -0.300 e. The van der Waals surface area contributed by atoms with E-state index < -0.39 is 0 Å². The molecule has 0 spiro atoms. The molecule has 0 bridgehead atoms. The second-order valence-corrected chi connectivity index (χ2v) is 4.46. The standard InChI is InChI=1S/C11H20O/c1-5-6-7-8-10(12)9-11(2,3)4/h5H,1,6-9H2,2-4H3. The fraction of sp³-hybridized carbons (Fsp3) is 0.727. The van der Waals surface area contributed by atoms with E-state index >= 15 is 0 Å². The fourth-order valence-electron chi connectivity index (χ4n) is 1.12. The van der Waals surface area contributed by atoms with Gasteiger partial charge in [-0.25, -0.2) is 0 Å². The van der Waals surface area contributed by atoms with Crippen molar-refractivity contribution in [2.45, 2.75) is 46.5 Å². The number of unbranched alkanes of at least 4 members (excludes halogenated alkanes) is 1. The van der Waals surface area contributed by atoms with Gasteiger partial charge < -0.3 is 0 Å². The van der Waals surface area contributed by atoms with Gasteiger partial charge in [-0.05, 0) is 18.3 Å². The summed E-state index contributed by atoms with van der Waals surface area (Å²) in [4.78, 5) is 11.3. The van der Waals surface area contributed by atoms with E-state index in [-0.39, 0.29) is 5.41 Å². The Labute approximate surface area is 75.9 Å². The van der Waals surface area contributed by atoms with E-state index in [1.54, 1.807) is 0 Å². The molecule has 0 saturated heterocycles. The Bertz CT molecular complexity index is 151. The molecule has 0 aromatic carbocycles. The molecule has 0 aliphatic heterocycles. The average molecular weight is 168 g/mol. The van der Waals surface area contributed by atoms with Crippen LogP contribution in [0.15, 0.2) is 12.7 Å². The first-order valence-electron chi connectivity index (χ1n) is 4.58. The van der Waals surface area contributed by atoms with Gasteiger partial charge in [-0.1, -0.05) is 26.8 Å². The predicted molar refractivity (Wildman–Crippen MR) is 53.1 cm³/mol. The average Bonchev–Trinajstić information content (AvgIpc) is 1.84.